The number of aromatic nitrogens is 1. The summed E-state index contributed by atoms with van der Waals surface area (Å²) < 4.78 is 17.7. The molecule has 0 N–H and O–H groups in total. The molecular formula is C44H28NOP. The lowest BCUT2D eigenvalue weighted by Gasteiger charge is -2.16. The molecule has 1 unspecified atom stereocenters. The van der Waals surface area contributed by atoms with Gasteiger partial charge in [-0.1, -0.05) is 127 Å². The summed E-state index contributed by atoms with van der Waals surface area (Å²) in [5.41, 5.74) is 7.90. The Morgan fingerprint density at radius 3 is 1.91 bits per heavy atom. The third-order valence-corrected chi connectivity index (χ3v) is 13.1. The molecule has 0 spiro atoms. The highest BCUT2D eigenvalue weighted by Gasteiger charge is 2.40. The molecule has 10 rings (SSSR count). The lowest BCUT2D eigenvalue weighted by atomic mass is 9.98. The van der Waals surface area contributed by atoms with Gasteiger partial charge in [-0.15, -0.1) is 0 Å². The molecule has 0 radical (unpaired) electrons. The monoisotopic (exact) mass is 617 g/mol. The van der Waals surface area contributed by atoms with Gasteiger partial charge in [0.25, 0.3) is 0 Å². The highest BCUT2D eigenvalue weighted by atomic mass is 31.2. The largest absolute Gasteiger partial charge is 0.309 e. The minimum absolute atomic E-state index is 0.881. The van der Waals surface area contributed by atoms with E-state index in [-0.39, 0.29) is 0 Å². The maximum absolute atomic E-state index is 15.3. The van der Waals surface area contributed by atoms with E-state index in [1.54, 1.807) is 0 Å². The van der Waals surface area contributed by atoms with Crippen molar-refractivity contribution in [2.24, 2.45) is 0 Å². The van der Waals surface area contributed by atoms with Crippen molar-refractivity contribution in [3.8, 4) is 27.9 Å². The molecule has 8 aromatic carbocycles. The summed E-state index contributed by atoms with van der Waals surface area (Å²) in [6.45, 7) is 0. The Hall–Kier alpha value is -5.69. The first-order valence-corrected chi connectivity index (χ1v) is 17.7. The van der Waals surface area contributed by atoms with Gasteiger partial charge < -0.3 is 9.13 Å². The van der Waals surface area contributed by atoms with Gasteiger partial charge in [-0.25, -0.2) is 0 Å². The molecule has 0 amide bonds. The van der Waals surface area contributed by atoms with E-state index in [2.05, 4.69) is 138 Å². The maximum Gasteiger partial charge on any atom is 0.172 e. The van der Waals surface area contributed by atoms with Crippen LogP contribution in [0.25, 0.3) is 71.3 Å². The number of fused-ring (bicyclic) bond motifs is 8. The van der Waals surface area contributed by atoms with Gasteiger partial charge in [0.15, 0.2) is 7.14 Å². The molecule has 1 aromatic heterocycles. The van der Waals surface area contributed by atoms with Crippen LogP contribution in [0.1, 0.15) is 0 Å². The minimum Gasteiger partial charge on any atom is -0.309 e. The lowest BCUT2D eigenvalue weighted by molar-refractivity contribution is 0.593. The van der Waals surface area contributed by atoms with E-state index in [1.165, 1.54) is 32.7 Å². The second-order valence-electron chi connectivity index (χ2n) is 12.5. The second kappa shape index (κ2) is 9.90. The number of rotatable bonds is 3. The van der Waals surface area contributed by atoms with Crippen LogP contribution in [0.2, 0.25) is 0 Å². The molecular weight excluding hydrogens is 589 g/mol. The van der Waals surface area contributed by atoms with Crippen LogP contribution < -0.4 is 15.9 Å². The van der Waals surface area contributed by atoms with Crippen LogP contribution >= 0.6 is 7.14 Å². The van der Waals surface area contributed by atoms with E-state index >= 15 is 4.57 Å². The maximum atomic E-state index is 15.3. The molecule has 2 nitrogen and oxygen atoms in total. The standard InChI is InChI=1S/C44H28NOP/c46-47(36-12-2-1-3-13-36)43-17-9-7-15-38(43)40-27-42-39(28-44(40)47)37-14-6-8-16-41(37)45(42)35-23-22-30-19-21-33(25-34(30)26-35)32-20-18-29-10-4-5-11-31(29)24-32/h1-28H. The fourth-order valence-electron chi connectivity index (χ4n) is 7.70. The van der Waals surface area contributed by atoms with Crippen LogP contribution in [0.4, 0.5) is 0 Å². The fraction of sp³-hybridized carbons (Fsp3) is 0. The average molecular weight is 618 g/mol. The van der Waals surface area contributed by atoms with Crippen molar-refractivity contribution in [3.63, 3.8) is 0 Å². The molecule has 0 aliphatic carbocycles. The fourth-order valence-corrected chi connectivity index (χ4v) is 10.8. The van der Waals surface area contributed by atoms with Crippen LogP contribution in [-0.4, -0.2) is 4.57 Å². The predicted octanol–water partition coefficient (Wildman–Crippen LogP) is 10.4. The van der Waals surface area contributed by atoms with Crippen LogP contribution in [-0.2, 0) is 4.57 Å². The van der Waals surface area contributed by atoms with Crippen molar-refractivity contribution in [1.29, 1.82) is 0 Å². The van der Waals surface area contributed by atoms with Gasteiger partial charge in [0.1, 0.15) is 0 Å². The van der Waals surface area contributed by atoms with E-state index in [0.29, 0.717) is 0 Å². The van der Waals surface area contributed by atoms with Gasteiger partial charge in [0.2, 0.25) is 0 Å². The molecule has 2 heterocycles. The predicted molar refractivity (Wildman–Crippen MR) is 200 cm³/mol. The smallest absolute Gasteiger partial charge is 0.172 e. The second-order valence-corrected chi connectivity index (χ2v) is 15.2. The van der Waals surface area contributed by atoms with Crippen LogP contribution in [0.15, 0.2) is 170 Å². The highest BCUT2D eigenvalue weighted by molar-refractivity contribution is 7.86. The Morgan fingerprint density at radius 1 is 0.404 bits per heavy atom. The average Bonchev–Trinajstić information content (AvgIpc) is 3.60. The molecule has 3 heteroatoms. The van der Waals surface area contributed by atoms with E-state index in [0.717, 1.165) is 54.5 Å². The van der Waals surface area contributed by atoms with E-state index < -0.39 is 7.14 Å². The Balaban J connectivity index is 1.21. The van der Waals surface area contributed by atoms with Crippen molar-refractivity contribution in [2.75, 3.05) is 0 Å². The number of hydrogen-bond acceptors (Lipinski definition) is 1. The normalized spacial score (nSPS) is 15.4. The van der Waals surface area contributed by atoms with E-state index in [9.17, 15) is 0 Å². The Labute approximate surface area is 272 Å². The summed E-state index contributed by atoms with van der Waals surface area (Å²) in [7, 11) is -3.04. The van der Waals surface area contributed by atoms with Gasteiger partial charge in [0, 0.05) is 32.4 Å². The summed E-state index contributed by atoms with van der Waals surface area (Å²) in [6, 6.07) is 60.0. The molecule has 9 aromatic rings. The molecule has 1 atom stereocenters. The lowest BCUT2D eigenvalue weighted by Crippen LogP contribution is -2.20. The zero-order valence-electron chi connectivity index (χ0n) is 25.5. The Kier molecular flexibility index (Phi) is 5.59. The zero-order valence-corrected chi connectivity index (χ0v) is 26.4. The molecule has 0 saturated carbocycles. The third-order valence-electron chi connectivity index (χ3n) is 9.95. The van der Waals surface area contributed by atoms with E-state index in [1.807, 2.05) is 36.4 Å². The number of para-hydroxylation sites is 1. The Morgan fingerprint density at radius 2 is 1.06 bits per heavy atom. The molecule has 0 fully saturated rings. The van der Waals surface area contributed by atoms with Crippen LogP contribution in [0.3, 0.4) is 0 Å². The molecule has 0 saturated heterocycles. The van der Waals surface area contributed by atoms with Gasteiger partial charge in [-0.2, -0.15) is 0 Å². The molecule has 220 valence electrons. The van der Waals surface area contributed by atoms with Crippen molar-refractivity contribution in [2.45, 2.75) is 0 Å². The number of benzene rings is 8. The van der Waals surface area contributed by atoms with Crippen LogP contribution in [0.5, 0.6) is 0 Å². The molecule has 1 aliphatic rings. The quantitative estimate of drug-likeness (QED) is 0.181. The molecule has 0 bridgehead atoms. The van der Waals surface area contributed by atoms with Gasteiger partial charge in [0.05, 0.1) is 11.0 Å². The Bertz CT molecular complexity index is 2770. The van der Waals surface area contributed by atoms with Crippen molar-refractivity contribution >= 4 is 66.4 Å². The zero-order chi connectivity index (χ0) is 31.1. The van der Waals surface area contributed by atoms with Gasteiger partial charge >= 0.3 is 0 Å². The summed E-state index contributed by atoms with van der Waals surface area (Å²) in [5, 5.41) is 9.91. The van der Waals surface area contributed by atoms with Crippen molar-refractivity contribution in [1.82, 2.24) is 4.57 Å². The highest BCUT2D eigenvalue weighted by Crippen LogP contribution is 2.53. The minimum atomic E-state index is -3.04. The molecule has 1 aliphatic heterocycles. The summed E-state index contributed by atoms with van der Waals surface area (Å²) in [5.74, 6) is 0. The van der Waals surface area contributed by atoms with Gasteiger partial charge in [-0.05, 0) is 86.3 Å². The van der Waals surface area contributed by atoms with Crippen molar-refractivity contribution in [3.05, 3.63) is 170 Å². The first-order valence-electron chi connectivity index (χ1n) is 16.0. The number of nitrogens with zero attached hydrogens (tertiary/aromatic N) is 1. The SMILES string of the molecule is O=P1(c2ccccc2)c2ccccc2-c2cc3c(cc21)c1ccccc1n3-c1ccc2ccc(-c3ccc4ccccc4c3)cc2c1. The molecule has 47 heavy (non-hydrogen) atoms. The van der Waals surface area contributed by atoms with Crippen LogP contribution in [0, 0.1) is 0 Å². The van der Waals surface area contributed by atoms with Crippen molar-refractivity contribution < 1.29 is 4.57 Å². The number of hydrogen-bond donors (Lipinski definition) is 0. The van der Waals surface area contributed by atoms with E-state index in [4.69, 9.17) is 0 Å². The summed E-state index contributed by atoms with van der Waals surface area (Å²) in [4.78, 5) is 0. The topological polar surface area (TPSA) is 22.0 Å². The third kappa shape index (κ3) is 3.83. The van der Waals surface area contributed by atoms with Gasteiger partial charge in [-0.3, -0.25) is 0 Å². The summed E-state index contributed by atoms with van der Waals surface area (Å²) >= 11 is 0. The first kappa shape index (κ1) is 26.5. The first-order chi connectivity index (χ1) is 23.2. The summed E-state index contributed by atoms with van der Waals surface area (Å²) in [6.07, 6.45) is 0.